The van der Waals surface area contributed by atoms with E-state index in [1.165, 1.54) is 18.2 Å². The Morgan fingerprint density at radius 2 is 1.96 bits per heavy atom. The summed E-state index contributed by atoms with van der Waals surface area (Å²) in [7, 11) is 0. The molecule has 3 atom stereocenters. The number of anilines is 1. The van der Waals surface area contributed by atoms with Crippen LogP contribution < -0.4 is 16.0 Å². The monoisotopic (exact) mass is 332 g/mol. The third-order valence-corrected chi connectivity index (χ3v) is 4.59. The molecule has 0 radical (unpaired) electrons. The highest BCUT2D eigenvalue weighted by Gasteiger charge is 2.37. The molecule has 2 fully saturated rings. The van der Waals surface area contributed by atoms with E-state index >= 15 is 0 Å². The summed E-state index contributed by atoms with van der Waals surface area (Å²) in [6.07, 6.45) is 4.10. The maximum atomic E-state index is 12.2. The normalized spacial score (nSPS) is 26.2. The van der Waals surface area contributed by atoms with Gasteiger partial charge in [-0.25, -0.2) is 0 Å². The Labute approximate surface area is 139 Å². The molecule has 1 heterocycles. The Morgan fingerprint density at radius 1 is 1.25 bits per heavy atom. The van der Waals surface area contributed by atoms with E-state index in [4.69, 9.17) is 0 Å². The van der Waals surface area contributed by atoms with Crippen molar-refractivity contribution < 1.29 is 14.5 Å². The molecule has 3 rings (SSSR count). The first kappa shape index (κ1) is 16.4. The number of carbonyl (C=O) groups excluding carboxylic acids is 2. The number of para-hydroxylation sites is 2. The van der Waals surface area contributed by atoms with E-state index in [2.05, 4.69) is 16.0 Å². The van der Waals surface area contributed by atoms with Crippen LogP contribution in [0.2, 0.25) is 0 Å². The number of nitro groups is 1. The predicted molar refractivity (Wildman–Crippen MR) is 87.5 cm³/mol. The lowest BCUT2D eigenvalue weighted by molar-refractivity contribution is -0.383. The van der Waals surface area contributed by atoms with Gasteiger partial charge in [-0.15, -0.1) is 0 Å². The minimum Gasteiger partial charge on any atom is -0.350 e. The molecular formula is C16H20N4O4. The van der Waals surface area contributed by atoms with Crippen molar-refractivity contribution in [3.8, 4) is 0 Å². The van der Waals surface area contributed by atoms with Gasteiger partial charge in [0.25, 0.3) is 5.69 Å². The zero-order valence-electron chi connectivity index (χ0n) is 13.2. The fourth-order valence-corrected chi connectivity index (χ4v) is 3.40. The standard InChI is InChI=1S/C16H20N4O4/c21-15(18-12-7-3-4-8-14(12)20(23)24)9-13-16(22)19-11-6-2-1-5-10(11)17-13/h3-4,7-8,10-11,13,17H,1-2,5-6,9H2,(H,18,21)(H,19,22)/t10-,11+,13+/m1/s1. The summed E-state index contributed by atoms with van der Waals surface area (Å²) in [5, 5.41) is 19.7. The summed E-state index contributed by atoms with van der Waals surface area (Å²) >= 11 is 0. The zero-order chi connectivity index (χ0) is 17.1. The van der Waals surface area contributed by atoms with Crippen LogP contribution in [0.5, 0.6) is 0 Å². The summed E-state index contributed by atoms with van der Waals surface area (Å²) in [6, 6.07) is 5.68. The number of nitrogens with one attached hydrogen (secondary N) is 3. The average Bonchev–Trinajstić information content (AvgIpc) is 2.55. The summed E-state index contributed by atoms with van der Waals surface area (Å²) in [5.41, 5.74) is -0.0292. The molecular weight excluding hydrogens is 312 g/mol. The van der Waals surface area contributed by atoms with Gasteiger partial charge in [0.15, 0.2) is 0 Å². The van der Waals surface area contributed by atoms with Gasteiger partial charge in [0.05, 0.1) is 17.4 Å². The van der Waals surface area contributed by atoms with Gasteiger partial charge in [0.2, 0.25) is 11.8 Å². The quantitative estimate of drug-likeness (QED) is 0.568. The van der Waals surface area contributed by atoms with E-state index in [1.807, 2.05) is 0 Å². The highest BCUT2D eigenvalue weighted by molar-refractivity contribution is 5.97. The molecule has 0 bridgehead atoms. The van der Waals surface area contributed by atoms with Crippen molar-refractivity contribution in [2.24, 2.45) is 0 Å². The first-order valence-corrected chi connectivity index (χ1v) is 8.14. The van der Waals surface area contributed by atoms with E-state index < -0.39 is 16.9 Å². The topological polar surface area (TPSA) is 113 Å². The fourth-order valence-electron chi connectivity index (χ4n) is 3.40. The van der Waals surface area contributed by atoms with Gasteiger partial charge in [0.1, 0.15) is 5.69 Å². The van der Waals surface area contributed by atoms with Gasteiger partial charge in [-0.1, -0.05) is 25.0 Å². The molecule has 0 spiro atoms. The number of fused-ring (bicyclic) bond motifs is 1. The molecule has 2 amide bonds. The number of benzene rings is 1. The first-order chi connectivity index (χ1) is 11.5. The molecule has 1 aliphatic carbocycles. The SMILES string of the molecule is O=C(C[C@@H]1N[C@@H]2CCCC[C@@H]2NC1=O)Nc1ccccc1[N+](=O)[O-]. The third-order valence-electron chi connectivity index (χ3n) is 4.59. The molecule has 0 unspecified atom stereocenters. The predicted octanol–water partition coefficient (Wildman–Crippen LogP) is 1.32. The van der Waals surface area contributed by atoms with Crippen LogP contribution in [0.15, 0.2) is 24.3 Å². The summed E-state index contributed by atoms with van der Waals surface area (Å²) in [5.74, 6) is -0.609. The van der Waals surface area contributed by atoms with E-state index in [1.54, 1.807) is 6.07 Å². The van der Waals surface area contributed by atoms with Crippen LogP contribution >= 0.6 is 0 Å². The van der Waals surface area contributed by atoms with Crippen molar-refractivity contribution in [2.75, 3.05) is 5.32 Å². The van der Waals surface area contributed by atoms with Crippen molar-refractivity contribution in [3.05, 3.63) is 34.4 Å². The van der Waals surface area contributed by atoms with Gasteiger partial charge in [-0.2, -0.15) is 0 Å². The number of nitrogens with zero attached hydrogens (tertiary/aromatic N) is 1. The fraction of sp³-hybridized carbons (Fsp3) is 0.500. The first-order valence-electron chi connectivity index (χ1n) is 8.14. The van der Waals surface area contributed by atoms with Gasteiger partial charge in [0, 0.05) is 18.2 Å². The second kappa shape index (κ2) is 6.96. The zero-order valence-corrected chi connectivity index (χ0v) is 13.2. The third kappa shape index (κ3) is 3.53. The molecule has 128 valence electrons. The molecule has 1 saturated heterocycles. The minimum atomic E-state index is -0.605. The van der Waals surface area contributed by atoms with E-state index in [0.29, 0.717) is 0 Å². The van der Waals surface area contributed by atoms with E-state index in [0.717, 1.165) is 25.7 Å². The molecule has 1 aliphatic heterocycles. The molecule has 24 heavy (non-hydrogen) atoms. The van der Waals surface area contributed by atoms with Crippen molar-refractivity contribution >= 4 is 23.2 Å². The second-order valence-electron chi connectivity index (χ2n) is 6.25. The van der Waals surface area contributed by atoms with Crippen LogP contribution in [0.4, 0.5) is 11.4 Å². The number of hydrogen-bond donors (Lipinski definition) is 3. The lowest BCUT2D eigenvalue weighted by atomic mass is 9.87. The number of amides is 2. The Morgan fingerprint density at radius 3 is 2.71 bits per heavy atom. The number of hydrogen-bond acceptors (Lipinski definition) is 5. The molecule has 0 aromatic heterocycles. The lowest BCUT2D eigenvalue weighted by Gasteiger charge is -2.40. The van der Waals surface area contributed by atoms with Crippen LogP contribution in [-0.4, -0.2) is 34.9 Å². The van der Waals surface area contributed by atoms with Crippen molar-refractivity contribution in [3.63, 3.8) is 0 Å². The number of piperazine rings is 1. The molecule has 1 aromatic rings. The summed E-state index contributed by atoms with van der Waals surface area (Å²) in [6.45, 7) is 0. The minimum absolute atomic E-state index is 0.0545. The summed E-state index contributed by atoms with van der Waals surface area (Å²) in [4.78, 5) is 34.8. The highest BCUT2D eigenvalue weighted by Crippen LogP contribution is 2.25. The molecule has 2 aliphatic rings. The molecule has 1 saturated carbocycles. The Hall–Kier alpha value is -2.48. The van der Waals surface area contributed by atoms with Crippen LogP contribution in [0, 0.1) is 10.1 Å². The molecule has 8 nitrogen and oxygen atoms in total. The second-order valence-corrected chi connectivity index (χ2v) is 6.25. The average molecular weight is 332 g/mol. The van der Waals surface area contributed by atoms with Crippen molar-refractivity contribution in [2.45, 2.75) is 50.2 Å². The molecule has 8 heteroatoms. The van der Waals surface area contributed by atoms with E-state index in [9.17, 15) is 19.7 Å². The Balaban J connectivity index is 1.63. The molecule has 3 N–H and O–H groups in total. The largest absolute Gasteiger partial charge is 0.350 e. The summed E-state index contributed by atoms with van der Waals surface area (Å²) < 4.78 is 0. The number of nitro benzene ring substituents is 1. The number of carbonyl (C=O) groups is 2. The van der Waals surface area contributed by atoms with Crippen molar-refractivity contribution in [1.29, 1.82) is 0 Å². The van der Waals surface area contributed by atoms with Gasteiger partial charge in [-0.05, 0) is 18.9 Å². The number of rotatable bonds is 4. The van der Waals surface area contributed by atoms with Crippen LogP contribution in [0.3, 0.4) is 0 Å². The maximum Gasteiger partial charge on any atom is 0.292 e. The van der Waals surface area contributed by atoms with Crippen molar-refractivity contribution in [1.82, 2.24) is 10.6 Å². The maximum absolute atomic E-state index is 12.2. The Bertz CT molecular complexity index is 663. The van der Waals surface area contributed by atoms with Crippen LogP contribution in [0.25, 0.3) is 0 Å². The van der Waals surface area contributed by atoms with Crippen LogP contribution in [0.1, 0.15) is 32.1 Å². The smallest absolute Gasteiger partial charge is 0.292 e. The van der Waals surface area contributed by atoms with Crippen LogP contribution in [-0.2, 0) is 9.59 Å². The van der Waals surface area contributed by atoms with Gasteiger partial charge in [-0.3, -0.25) is 19.7 Å². The highest BCUT2D eigenvalue weighted by atomic mass is 16.6. The van der Waals surface area contributed by atoms with E-state index in [-0.39, 0.29) is 35.8 Å². The Kier molecular flexibility index (Phi) is 4.75. The van der Waals surface area contributed by atoms with Gasteiger partial charge >= 0.3 is 0 Å². The lowest BCUT2D eigenvalue weighted by Crippen LogP contribution is -2.65. The van der Waals surface area contributed by atoms with Gasteiger partial charge < -0.3 is 16.0 Å². The molecule has 1 aromatic carbocycles.